The molecule has 0 saturated carbocycles. The van der Waals surface area contributed by atoms with E-state index in [-0.39, 0.29) is 12.1 Å². The number of benzene rings is 1. The van der Waals surface area contributed by atoms with Crippen LogP contribution in [0.25, 0.3) is 0 Å². The number of amides is 2. The fourth-order valence-electron chi connectivity index (χ4n) is 2.49. The number of urea groups is 1. The summed E-state index contributed by atoms with van der Waals surface area (Å²) in [5, 5.41) is 8.93. The van der Waals surface area contributed by atoms with Crippen molar-refractivity contribution in [3.63, 3.8) is 0 Å². The number of likely N-dealkylation sites (N-methyl/N-ethyl adjacent to an activating group) is 1. The number of ether oxygens (including phenoxy) is 1. The number of nitriles is 1. The first-order chi connectivity index (χ1) is 9.01. The standard InChI is InChI=1S/C14H17N3O2/c1-9-10(2)13(19-4)6-5-11(9)12-7-17(8-15)14(18)16(12)3/h5-6,12H,7H2,1-4H3. The van der Waals surface area contributed by atoms with Crippen LogP contribution in [0.1, 0.15) is 22.7 Å². The van der Waals surface area contributed by atoms with Crippen molar-refractivity contribution in [2.75, 3.05) is 20.7 Å². The molecule has 0 spiro atoms. The Bertz CT molecular complexity index is 563. The minimum absolute atomic E-state index is 0.0863. The summed E-state index contributed by atoms with van der Waals surface area (Å²) in [5.74, 6) is 0.838. The Balaban J connectivity index is 2.42. The van der Waals surface area contributed by atoms with Gasteiger partial charge >= 0.3 is 6.03 Å². The third kappa shape index (κ3) is 1.99. The molecule has 0 bridgehead atoms. The molecule has 0 aliphatic carbocycles. The Morgan fingerprint density at radius 2 is 2.05 bits per heavy atom. The lowest BCUT2D eigenvalue weighted by molar-refractivity contribution is 0.205. The number of hydrogen-bond acceptors (Lipinski definition) is 3. The Morgan fingerprint density at radius 3 is 2.58 bits per heavy atom. The zero-order valence-corrected chi connectivity index (χ0v) is 11.6. The molecule has 1 atom stereocenters. The molecule has 1 aliphatic rings. The lowest BCUT2D eigenvalue weighted by Crippen LogP contribution is -2.26. The number of nitrogens with zero attached hydrogens (tertiary/aromatic N) is 3. The molecule has 2 amide bonds. The van der Waals surface area contributed by atoms with Gasteiger partial charge in [-0.25, -0.2) is 9.69 Å². The first-order valence-corrected chi connectivity index (χ1v) is 6.09. The molecule has 1 aliphatic heterocycles. The maximum atomic E-state index is 11.8. The van der Waals surface area contributed by atoms with E-state index in [0.29, 0.717) is 6.54 Å². The Morgan fingerprint density at radius 1 is 1.37 bits per heavy atom. The number of carbonyl (C=O) groups is 1. The van der Waals surface area contributed by atoms with Gasteiger partial charge in [-0.2, -0.15) is 5.26 Å². The average Bonchev–Trinajstić information content (AvgIpc) is 2.69. The van der Waals surface area contributed by atoms with Crippen molar-refractivity contribution in [2.24, 2.45) is 0 Å². The molecule has 1 heterocycles. The first-order valence-electron chi connectivity index (χ1n) is 6.09. The Labute approximate surface area is 113 Å². The van der Waals surface area contributed by atoms with Gasteiger partial charge in [-0.05, 0) is 36.6 Å². The highest BCUT2D eigenvalue weighted by Crippen LogP contribution is 2.33. The highest BCUT2D eigenvalue weighted by Gasteiger charge is 2.36. The molecular weight excluding hydrogens is 242 g/mol. The van der Waals surface area contributed by atoms with E-state index in [2.05, 4.69) is 0 Å². The fourth-order valence-corrected chi connectivity index (χ4v) is 2.49. The van der Waals surface area contributed by atoms with E-state index in [4.69, 9.17) is 10.00 Å². The summed E-state index contributed by atoms with van der Waals surface area (Å²) in [6, 6.07) is 3.54. The second-order valence-electron chi connectivity index (χ2n) is 4.73. The predicted molar refractivity (Wildman–Crippen MR) is 70.7 cm³/mol. The van der Waals surface area contributed by atoms with Crippen molar-refractivity contribution in [2.45, 2.75) is 19.9 Å². The molecular formula is C14H17N3O2. The van der Waals surface area contributed by atoms with Gasteiger partial charge in [0.25, 0.3) is 0 Å². The summed E-state index contributed by atoms with van der Waals surface area (Å²) >= 11 is 0. The van der Waals surface area contributed by atoms with E-state index in [1.807, 2.05) is 32.2 Å². The second-order valence-corrected chi connectivity index (χ2v) is 4.73. The number of hydrogen-bond donors (Lipinski definition) is 0. The molecule has 1 aromatic rings. The van der Waals surface area contributed by atoms with Crippen LogP contribution in [0.4, 0.5) is 4.79 Å². The summed E-state index contributed by atoms with van der Waals surface area (Å²) in [6.07, 6.45) is 1.92. The molecule has 1 aromatic carbocycles. The fraction of sp³-hybridized carbons (Fsp3) is 0.429. The van der Waals surface area contributed by atoms with Gasteiger partial charge in [0.1, 0.15) is 5.75 Å². The van der Waals surface area contributed by atoms with E-state index >= 15 is 0 Å². The van der Waals surface area contributed by atoms with Crippen LogP contribution >= 0.6 is 0 Å². The molecule has 0 aromatic heterocycles. The van der Waals surface area contributed by atoms with Gasteiger partial charge < -0.3 is 9.64 Å². The third-order valence-corrected chi connectivity index (χ3v) is 3.83. The van der Waals surface area contributed by atoms with Gasteiger partial charge in [0.2, 0.25) is 0 Å². The monoisotopic (exact) mass is 259 g/mol. The van der Waals surface area contributed by atoms with Crippen molar-refractivity contribution in [3.05, 3.63) is 28.8 Å². The topological polar surface area (TPSA) is 56.6 Å². The van der Waals surface area contributed by atoms with E-state index in [0.717, 1.165) is 22.4 Å². The summed E-state index contributed by atoms with van der Waals surface area (Å²) in [4.78, 5) is 14.6. The van der Waals surface area contributed by atoms with Crippen LogP contribution in [-0.4, -0.2) is 36.5 Å². The summed E-state index contributed by atoms with van der Waals surface area (Å²) in [7, 11) is 3.37. The minimum atomic E-state index is -0.250. The van der Waals surface area contributed by atoms with Crippen LogP contribution in [0.15, 0.2) is 12.1 Å². The van der Waals surface area contributed by atoms with Crippen molar-refractivity contribution >= 4 is 6.03 Å². The molecule has 1 saturated heterocycles. The van der Waals surface area contributed by atoms with E-state index < -0.39 is 0 Å². The molecule has 5 heteroatoms. The second kappa shape index (κ2) is 4.81. The molecule has 100 valence electrons. The van der Waals surface area contributed by atoms with Crippen LogP contribution in [0.3, 0.4) is 0 Å². The van der Waals surface area contributed by atoms with Gasteiger partial charge in [0, 0.05) is 7.05 Å². The molecule has 0 N–H and O–H groups in total. The van der Waals surface area contributed by atoms with Crippen LogP contribution < -0.4 is 4.74 Å². The number of methoxy groups -OCH3 is 1. The van der Waals surface area contributed by atoms with Crippen LogP contribution in [-0.2, 0) is 0 Å². The molecule has 1 fully saturated rings. The van der Waals surface area contributed by atoms with Gasteiger partial charge in [-0.15, -0.1) is 0 Å². The number of rotatable bonds is 2. The zero-order chi connectivity index (χ0) is 14.2. The summed E-state index contributed by atoms with van der Waals surface area (Å²) in [5.41, 5.74) is 3.23. The Hall–Kier alpha value is -2.22. The normalized spacial score (nSPS) is 18.7. The third-order valence-electron chi connectivity index (χ3n) is 3.83. The van der Waals surface area contributed by atoms with Crippen LogP contribution in [0, 0.1) is 25.3 Å². The molecule has 1 unspecified atom stereocenters. The average molecular weight is 259 g/mol. The minimum Gasteiger partial charge on any atom is -0.496 e. The Kier molecular flexibility index (Phi) is 3.34. The summed E-state index contributed by atoms with van der Waals surface area (Å²) in [6.45, 7) is 4.41. The van der Waals surface area contributed by atoms with E-state index in [1.165, 1.54) is 4.90 Å². The van der Waals surface area contributed by atoms with Crippen molar-refractivity contribution in [1.29, 1.82) is 5.26 Å². The SMILES string of the molecule is COc1ccc(C2CN(C#N)C(=O)N2C)c(C)c1C. The van der Waals surface area contributed by atoms with Crippen molar-refractivity contribution < 1.29 is 9.53 Å². The smallest absolute Gasteiger partial charge is 0.333 e. The highest BCUT2D eigenvalue weighted by atomic mass is 16.5. The quantitative estimate of drug-likeness (QED) is 0.765. The van der Waals surface area contributed by atoms with E-state index in [1.54, 1.807) is 19.1 Å². The van der Waals surface area contributed by atoms with Gasteiger partial charge in [-0.3, -0.25) is 0 Å². The lowest BCUT2D eigenvalue weighted by atomic mass is 9.96. The van der Waals surface area contributed by atoms with Crippen LogP contribution in [0.5, 0.6) is 5.75 Å². The molecule has 5 nitrogen and oxygen atoms in total. The summed E-state index contributed by atoms with van der Waals surface area (Å²) < 4.78 is 5.29. The zero-order valence-electron chi connectivity index (χ0n) is 11.6. The molecule has 19 heavy (non-hydrogen) atoms. The van der Waals surface area contributed by atoms with Crippen molar-refractivity contribution in [3.8, 4) is 11.9 Å². The molecule has 2 rings (SSSR count). The maximum Gasteiger partial charge on any atom is 0.333 e. The van der Waals surface area contributed by atoms with Crippen molar-refractivity contribution in [1.82, 2.24) is 9.80 Å². The van der Waals surface area contributed by atoms with E-state index in [9.17, 15) is 4.79 Å². The lowest BCUT2D eigenvalue weighted by Gasteiger charge is -2.21. The van der Waals surface area contributed by atoms with Gasteiger partial charge in [0.15, 0.2) is 6.19 Å². The largest absolute Gasteiger partial charge is 0.496 e. The highest BCUT2D eigenvalue weighted by molar-refractivity contribution is 5.79. The van der Waals surface area contributed by atoms with Gasteiger partial charge in [0.05, 0.1) is 19.7 Å². The van der Waals surface area contributed by atoms with Gasteiger partial charge in [-0.1, -0.05) is 6.07 Å². The predicted octanol–water partition coefficient (Wildman–Crippen LogP) is 2.20. The maximum absolute atomic E-state index is 11.8. The first kappa shape index (κ1) is 13.2. The number of carbonyl (C=O) groups excluding carboxylic acids is 1. The van der Waals surface area contributed by atoms with Crippen LogP contribution in [0.2, 0.25) is 0 Å². The molecule has 0 radical (unpaired) electrons.